The van der Waals surface area contributed by atoms with Crippen molar-refractivity contribution in [2.24, 2.45) is 10.9 Å². The number of rotatable bonds is 5. The Kier molecular flexibility index (Phi) is 4.75. The molecule has 2 amide bonds. The van der Waals surface area contributed by atoms with Crippen molar-refractivity contribution in [2.75, 3.05) is 13.6 Å². The van der Waals surface area contributed by atoms with Gasteiger partial charge in [0.1, 0.15) is 0 Å². The summed E-state index contributed by atoms with van der Waals surface area (Å²) < 4.78 is 0. The van der Waals surface area contributed by atoms with Crippen LogP contribution in [0.2, 0.25) is 0 Å². The van der Waals surface area contributed by atoms with Gasteiger partial charge in [0.15, 0.2) is 5.65 Å². The largest absolute Gasteiger partial charge is 0.355 e. The van der Waals surface area contributed by atoms with Crippen molar-refractivity contribution in [3.63, 3.8) is 0 Å². The summed E-state index contributed by atoms with van der Waals surface area (Å²) in [6.45, 7) is 0.539. The molecule has 9 nitrogen and oxygen atoms in total. The summed E-state index contributed by atoms with van der Waals surface area (Å²) in [5, 5.41) is 14.9. The molecule has 4 N–H and O–H groups in total. The third kappa shape index (κ3) is 3.55. The number of carbonyl (C=O) groups excluding carboxylic acids is 2. The summed E-state index contributed by atoms with van der Waals surface area (Å²) in [4.78, 5) is 36.8. The Morgan fingerprint density at radius 2 is 2.03 bits per heavy atom. The van der Waals surface area contributed by atoms with Crippen molar-refractivity contribution in [1.82, 2.24) is 30.8 Å². The number of aromatic nitrogens is 4. The lowest BCUT2D eigenvalue weighted by Crippen LogP contribution is -2.37. The lowest BCUT2D eigenvalue weighted by molar-refractivity contribution is -0.122. The van der Waals surface area contributed by atoms with Crippen molar-refractivity contribution in [2.45, 2.75) is 18.9 Å². The first-order valence-electron chi connectivity index (χ1n) is 11.3. The molecule has 34 heavy (non-hydrogen) atoms. The molecule has 0 bridgehead atoms. The fourth-order valence-corrected chi connectivity index (χ4v) is 4.37. The maximum absolute atomic E-state index is 12.3. The van der Waals surface area contributed by atoms with Gasteiger partial charge < -0.3 is 15.6 Å². The quantitative estimate of drug-likeness (QED) is 0.370. The van der Waals surface area contributed by atoms with E-state index in [1.807, 2.05) is 36.6 Å². The molecule has 0 saturated heterocycles. The first kappa shape index (κ1) is 20.3. The van der Waals surface area contributed by atoms with E-state index >= 15 is 0 Å². The smallest absolute Gasteiger partial charge is 0.251 e. The Balaban J connectivity index is 1.37. The minimum Gasteiger partial charge on any atom is -0.355 e. The summed E-state index contributed by atoms with van der Waals surface area (Å²) in [5.41, 5.74) is 5.46. The van der Waals surface area contributed by atoms with Crippen LogP contribution >= 0.6 is 0 Å². The molecule has 1 aliphatic heterocycles. The van der Waals surface area contributed by atoms with Crippen LogP contribution in [0.25, 0.3) is 38.9 Å². The third-order valence-electron chi connectivity index (χ3n) is 6.34. The molecular formula is C25H23N7O2. The number of amides is 2. The number of pyridine rings is 1. The Labute approximate surface area is 194 Å². The van der Waals surface area contributed by atoms with Gasteiger partial charge in [0, 0.05) is 52.8 Å². The Morgan fingerprint density at radius 1 is 1.15 bits per heavy atom. The van der Waals surface area contributed by atoms with Crippen LogP contribution in [0.1, 0.15) is 28.8 Å². The van der Waals surface area contributed by atoms with Gasteiger partial charge in [-0.05, 0) is 42.7 Å². The van der Waals surface area contributed by atoms with E-state index in [9.17, 15) is 9.59 Å². The number of carbonyl (C=O) groups is 2. The van der Waals surface area contributed by atoms with Crippen molar-refractivity contribution < 1.29 is 9.59 Å². The van der Waals surface area contributed by atoms with Crippen LogP contribution in [0, 0.1) is 5.92 Å². The molecule has 1 unspecified atom stereocenters. The normalized spacial score (nSPS) is 17.7. The van der Waals surface area contributed by atoms with Gasteiger partial charge in [0.2, 0.25) is 5.91 Å². The molecule has 1 aliphatic carbocycles. The molecule has 4 aromatic rings. The van der Waals surface area contributed by atoms with Crippen molar-refractivity contribution in [3.05, 3.63) is 53.7 Å². The van der Waals surface area contributed by atoms with Crippen LogP contribution in [-0.4, -0.2) is 57.8 Å². The average molecular weight is 454 g/mol. The van der Waals surface area contributed by atoms with Gasteiger partial charge in [-0.3, -0.25) is 19.7 Å². The lowest BCUT2D eigenvalue weighted by atomic mass is 10.0. The first-order chi connectivity index (χ1) is 16.6. The predicted octanol–water partition coefficient (Wildman–Crippen LogP) is 2.83. The van der Waals surface area contributed by atoms with Crippen molar-refractivity contribution >= 4 is 45.5 Å². The van der Waals surface area contributed by atoms with Crippen LogP contribution in [-0.2, 0) is 4.79 Å². The number of nitrogens with zero attached hydrogens (tertiary/aromatic N) is 3. The summed E-state index contributed by atoms with van der Waals surface area (Å²) in [6.07, 6.45) is 7.57. The standard InChI is InChI=1S/C25H23N7O2/c1-26-25(34)17-3-2-4-20-18(17)9-21(30-20)22-19-8-15(11-28-23(19)32-31-22)14-7-16(12-27-10-14)29-24(33)13-5-6-13/h2-4,7-11,13,16,30H,5-6,12H2,1H3,(H,26,34)(H,29,33)(H,28,31,32). The average Bonchev–Trinajstić information content (AvgIpc) is 3.49. The summed E-state index contributed by atoms with van der Waals surface area (Å²) in [7, 11) is 1.62. The van der Waals surface area contributed by atoms with Crippen LogP contribution < -0.4 is 10.6 Å². The monoisotopic (exact) mass is 453 g/mol. The van der Waals surface area contributed by atoms with E-state index in [1.165, 1.54) is 0 Å². The second-order valence-electron chi connectivity index (χ2n) is 8.73. The van der Waals surface area contributed by atoms with Gasteiger partial charge in [-0.1, -0.05) is 12.1 Å². The minimum atomic E-state index is -0.138. The highest BCUT2D eigenvalue weighted by atomic mass is 16.2. The maximum Gasteiger partial charge on any atom is 0.251 e. The molecule has 1 saturated carbocycles. The van der Waals surface area contributed by atoms with E-state index in [0.29, 0.717) is 17.8 Å². The molecule has 1 aromatic carbocycles. The Morgan fingerprint density at radius 3 is 2.85 bits per heavy atom. The van der Waals surface area contributed by atoms with Crippen LogP contribution in [0.5, 0.6) is 0 Å². The molecule has 1 atom stereocenters. The number of hydrogen-bond acceptors (Lipinski definition) is 5. The van der Waals surface area contributed by atoms with Crippen molar-refractivity contribution in [3.8, 4) is 11.4 Å². The number of nitrogens with one attached hydrogen (secondary N) is 4. The molecular weight excluding hydrogens is 430 g/mol. The number of benzene rings is 1. The number of hydrogen-bond donors (Lipinski definition) is 4. The maximum atomic E-state index is 12.3. The van der Waals surface area contributed by atoms with Crippen LogP contribution in [0.15, 0.2) is 47.6 Å². The highest BCUT2D eigenvalue weighted by Gasteiger charge is 2.31. The van der Waals surface area contributed by atoms with Crippen LogP contribution in [0.3, 0.4) is 0 Å². The number of allylic oxidation sites excluding steroid dienone is 1. The summed E-state index contributed by atoms with van der Waals surface area (Å²) in [5.74, 6) is 0.134. The SMILES string of the molecule is CNC(=O)c1cccc2[nH]c(-c3[nH]nc4ncc(C5=CC(NC(=O)C6CC6)CN=C5)cc34)cc12. The second kappa shape index (κ2) is 7.95. The predicted molar refractivity (Wildman–Crippen MR) is 131 cm³/mol. The Hall–Kier alpha value is -4.27. The van der Waals surface area contributed by atoms with Gasteiger partial charge in [-0.15, -0.1) is 0 Å². The van der Waals surface area contributed by atoms with Gasteiger partial charge in [0.25, 0.3) is 5.91 Å². The number of aliphatic imine (C=N–C) groups is 1. The second-order valence-corrected chi connectivity index (χ2v) is 8.73. The zero-order valence-electron chi connectivity index (χ0n) is 18.6. The molecule has 9 heteroatoms. The molecule has 1 fully saturated rings. The number of aromatic amines is 2. The van der Waals surface area contributed by atoms with E-state index in [4.69, 9.17) is 0 Å². The molecule has 2 aliphatic rings. The highest BCUT2D eigenvalue weighted by molar-refractivity contribution is 6.12. The molecule has 4 heterocycles. The number of fused-ring (bicyclic) bond motifs is 2. The summed E-state index contributed by atoms with van der Waals surface area (Å²) >= 11 is 0. The van der Waals surface area contributed by atoms with Gasteiger partial charge in [0.05, 0.1) is 24.0 Å². The van der Waals surface area contributed by atoms with Crippen LogP contribution in [0.4, 0.5) is 0 Å². The Bertz CT molecular complexity index is 1510. The minimum absolute atomic E-state index is 0.110. The third-order valence-corrected chi connectivity index (χ3v) is 6.34. The number of dihydropyridines is 1. The zero-order chi connectivity index (χ0) is 23.2. The summed E-state index contributed by atoms with van der Waals surface area (Å²) in [6, 6.07) is 9.44. The van der Waals surface area contributed by atoms with Gasteiger partial charge in [-0.2, -0.15) is 5.10 Å². The van der Waals surface area contributed by atoms with E-state index in [0.717, 1.165) is 51.7 Å². The van der Waals surface area contributed by atoms with E-state index in [2.05, 4.69) is 35.8 Å². The first-order valence-corrected chi connectivity index (χ1v) is 11.3. The number of H-pyrrole nitrogens is 2. The molecule has 6 rings (SSSR count). The zero-order valence-corrected chi connectivity index (χ0v) is 18.6. The van der Waals surface area contributed by atoms with Gasteiger partial charge >= 0.3 is 0 Å². The molecule has 3 aromatic heterocycles. The molecule has 0 radical (unpaired) electrons. The van der Waals surface area contributed by atoms with Gasteiger partial charge in [-0.25, -0.2) is 4.98 Å². The fourth-order valence-electron chi connectivity index (χ4n) is 4.37. The molecule has 170 valence electrons. The van der Waals surface area contributed by atoms with E-state index in [-0.39, 0.29) is 23.8 Å². The lowest BCUT2D eigenvalue weighted by Gasteiger charge is -2.18. The van der Waals surface area contributed by atoms with E-state index < -0.39 is 0 Å². The van der Waals surface area contributed by atoms with Crippen molar-refractivity contribution in [1.29, 1.82) is 0 Å². The van der Waals surface area contributed by atoms with E-state index in [1.54, 1.807) is 19.3 Å². The fraction of sp³-hybridized carbons (Fsp3) is 0.240. The topological polar surface area (TPSA) is 128 Å². The molecule has 0 spiro atoms. The highest BCUT2D eigenvalue weighted by Crippen LogP contribution is 2.32.